The number of hydrogen-bond acceptors (Lipinski definition) is 6. The largest absolute Gasteiger partial charge is 0.466 e. The highest BCUT2D eigenvalue weighted by Crippen LogP contribution is 2.22. The zero-order chi connectivity index (χ0) is 12.2. The molecule has 1 saturated carbocycles. The number of aromatic nitrogens is 2. The van der Waals surface area contributed by atoms with Crippen LogP contribution in [0.15, 0.2) is 0 Å². The molecule has 1 aliphatic heterocycles. The van der Waals surface area contributed by atoms with Crippen LogP contribution in [0.1, 0.15) is 37.1 Å². The highest BCUT2D eigenvalue weighted by molar-refractivity contribution is 7.13. The van der Waals surface area contributed by atoms with Gasteiger partial charge >= 0.3 is 0 Å². The average molecular weight is 269 g/mol. The highest BCUT2D eigenvalue weighted by atomic mass is 32.1. The van der Waals surface area contributed by atoms with Crippen molar-refractivity contribution in [3.63, 3.8) is 0 Å². The fraction of sp³-hybridized carbons (Fsp3) is 0.833. The molecule has 3 rings (SSSR count). The lowest BCUT2D eigenvalue weighted by molar-refractivity contribution is -0.0112. The molecule has 100 valence electrons. The number of rotatable bonds is 6. The molecule has 2 fully saturated rings. The average Bonchev–Trinajstić information content (AvgIpc) is 3.14. The summed E-state index contributed by atoms with van der Waals surface area (Å²) >= 11 is 1.53. The van der Waals surface area contributed by atoms with E-state index in [1.165, 1.54) is 37.0 Å². The van der Waals surface area contributed by atoms with E-state index in [2.05, 4.69) is 15.5 Å². The predicted molar refractivity (Wildman–Crippen MR) is 68.9 cm³/mol. The Morgan fingerprint density at radius 2 is 2.22 bits per heavy atom. The van der Waals surface area contributed by atoms with Crippen LogP contribution in [0.5, 0.6) is 5.19 Å². The molecule has 0 spiro atoms. The first-order valence-corrected chi connectivity index (χ1v) is 7.52. The maximum Gasteiger partial charge on any atom is 0.294 e. The van der Waals surface area contributed by atoms with Crippen LogP contribution < -0.4 is 10.1 Å². The van der Waals surface area contributed by atoms with Gasteiger partial charge in [0.15, 0.2) is 0 Å². The van der Waals surface area contributed by atoms with Crippen molar-refractivity contribution in [2.24, 2.45) is 0 Å². The zero-order valence-corrected chi connectivity index (χ0v) is 11.2. The summed E-state index contributed by atoms with van der Waals surface area (Å²) in [5.74, 6) is 0. The third-order valence-corrected chi connectivity index (χ3v) is 4.07. The lowest BCUT2D eigenvalue weighted by Gasteiger charge is -2.21. The Kier molecular flexibility index (Phi) is 4.07. The van der Waals surface area contributed by atoms with Crippen LogP contribution in [0.25, 0.3) is 0 Å². The lowest BCUT2D eigenvalue weighted by Crippen LogP contribution is -2.25. The van der Waals surface area contributed by atoms with Crippen LogP contribution in [0.4, 0.5) is 0 Å². The summed E-state index contributed by atoms with van der Waals surface area (Å²) in [6.07, 6.45) is 6.32. The number of nitrogens with one attached hydrogen (secondary N) is 1. The molecular weight excluding hydrogens is 250 g/mol. The van der Waals surface area contributed by atoms with E-state index in [1.54, 1.807) is 0 Å². The maximum atomic E-state index is 5.64. The van der Waals surface area contributed by atoms with Gasteiger partial charge < -0.3 is 14.8 Å². The topological polar surface area (TPSA) is 56.3 Å². The Labute approximate surface area is 111 Å². The van der Waals surface area contributed by atoms with Gasteiger partial charge in [0.05, 0.1) is 12.6 Å². The van der Waals surface area contributed by atoms with E-state index in [-0.39, 0.29) is 6.10 Å². The van der Waals surface area contributed by atoms with Gasteiger partial charge in [0.25, 0.3) is 5.19 Å². The fourth-order valence-electron chi connectivity index (χ4n) is 1.99. The smallest absolute Gasteiger partial charge is 0.294 e. The van der Waals surface area contributed by atoms with Crippen molar-refractivity contribution in [1.29, 1.82) is 0 Å². The van der Waals surface area contributed by atoms with Gasteiger partial charge in [-0.1, -0.05) is 11.3 Å². The predicted octanol–water partition coefficient (Wildman–Crippen LogP) is 1.74. The molecule has 0 bridgehead atoms. The van der Waals surface area contributed by atoms with E-state index >= 15 is 0 Å². The third-order valence-electron chi connectivity index (χ3n) is 3.23. The van der Waals surface area contributed by atoms with Gasteiger partial charge in [-0.05, 0) is 32.1 Å². The number of ether oxygens (including phenoxy) is 2. The van der Waals surface area contributed by atoms with Crippen molar-refractivity contribution in [2.45, 2.75) is 50.8 Å². The molecule has 0 aromatic carbocycles. The molecule has 5 nitrogen and oxygen atoms in total. The van der Waals surface area contributed by atoms with E-state index < -0.39 is 0 Å². The molecule has 6 heteroatoms. The van der Waals surface area contributed by atoms with Crippen LogP contribution in [0, 0.1) is 0 Å². The van der Waals surface area contributed by atoms with E-state index in [0.29, 0.717) is 17.8 Å². The molecule has 2 heterocycles. The second-order valence-corrected chi connectivity index (χ2v) is 5.94. The first-order valence-electron chi connectivity index (χ1n) is 6.70. The first kappa shape index (κ1) is 12.3. The van der Waals surface area contributed by atoms with Crippen LogP contribution in [0.3, 0.4) is 0 Å². The molecule has 1 atom stereocenters. The minimum atomic E-state index is 0.232. The van der Waals surface area contributed by atoms with Gasteiger partial charge in [0, 0.05) is 12.6 Å². The molecule has 1 N–H and O–H groups in total. The minimum Gasteiger partial charge on any atom is -0.466 e. The Bertz CT molecular complexity index is 375. The van der Waals surface area contributed by atoms with E-state index in [4.69, 9.17) is 9.47 Å². The molecule has 1 saturated heterocycles. The summed E-state index contributed by atoms with van der Waals surface area (Å²) in [6.45, 7) is 2.27. The van der Waals surface area contributed by atoms with Gasteiger partial charge in [0.2, 0.25) is 0 Å². The number of nitrogens with zero attached hydrogens (tertiary/aromatic N) is 2. The normalized spacial score (nSPS) is 24.1. The maximum absolute atomic E-state index is 5.64. The van der Waals surface area contributed by atoms with Crippen molar-refractivity contribution < 1.29 is 9.47 Å². The quantitative estimate of drug-likeness (QED) is 0.852. The van der Waals surface area contributed by atoms with Gasteiger partial charge in [0.1, 0.15) is 11.6 Å². The Balaban J connectivity index is 1.41. The summed E-state index contributed by atoms with van der Waals surface area (Å²) < 4.78 is 11.3. The Morgan fingerprint density at radius 3 is 3.00 bits per heavy atom. The van der Waals surface area contributed by atoms with E-state index in [0.717, 1.165) is 24.6 Å². The summed E-state index contributed by atoms with van der Waals surface area (Å²) in [4.78, 5) is 0. The minimum absolute atomic E-state index is 0.232. The van der Waals surface area contributed by atoms with E-state index in [9.17, 15) is 0 Å². The SMILES string of the molecule is C1CCC(COc2nnc(CNC3CC3)s2)OC1. The third kappa shape index (κ3) is 3.63. The molecule has 0 amide bonds. The van der Waals surface area contributed by atoms with Crippen molar-refractivity contribution in [3.8, 4) is 5.19 Å². The van der Waals surface area contributed by atoms with Crippen LogP contribution >= 0.6 is 11.3 Å². The Hall–Kier alpha value is -0.720. The van der Waals surface area contributed by atoms with Gasteiger partial charge in [-0.3, -0.25) is 0 Å². The molecular formula is C12H19N3O2S. The second kappa shape index (κ2) is 5.95. The molecule has 1 aromatic heterocycles. The van der Waals surface area contributed by atoms with Crippen molar-refractivity contribution >= 4 is 11.3 Å². The van der Waals surface area contributed by atoms with Gasteiger partial charge in [-0.2, -0.15) is 0 Å². The molecule has 0 radical (unpaired) electrons. The summed E-state index contributed by atoms with van der Waals surface area (Å²) in [5.41, 5.74) is 0. The highest BCUT2D eigenvalue weighted by Gasteiger charge is 2.21. The van der Waals surface area contributed by atoms with Crippen molar-refractivity contribution in [2.75, 3.05) is 13.2 Å². The zero-order valence-electron chi connectivity index (χ0n) is 10.4. The van der Waals surface area contributed by atoms with Crippen LogP contribution in [-0.4, -0.2) is 35.6 Å². The number of hydrogen-bond donors (Lipinski definition) is 1. The molecule has 18 heavy (non-hydrogen) atoms. The monoisotopic (exact) mass is 269 g/mol. The standard InChI is InChI=1S/C12H19N3O2S/c1-2-6-16-10(3-1)8-17-12-15-14-11(18-12)7-13-9-4-5-9/h9-10,13H,1-8H2. The fourth-order valence-corrected chi connectivity index (χ4v) is 2.64. The van der Waals surface area contributed by atoms with Crippen molar-refractivity contribution in [1.82, 2.24) is 15.5 Å². The molecule has 1 aromatic rings. The summed E-state index contributed by atoms with van der Waals surface area (Å²) in [7, 11) is 0. The van der Waals surface area contributed by atoms with Gasteiger partial charge in [-0.25, -0.2) is 0 Å². The first-order chi connectivity index (χ1) is 8.90. The van der Waals surface area contributed by atoms with Crippen molar-refractivity contribution in [3.05, 3.63) is 5.01 Å². The van der Waals surface area contributed by atoms with Gasteiger partial charge in [-0.15, -0.1) is 10.2 Å². The van der Waals surface area contributed by atoms with E-state index in [1.807, 2.05) is 0 Å². The Morgan fingerprint density at radius 1 is 1.28 bits per heavy atom. The van der Waals surface area contributed by atoms with Crippen LogP contribution in [-0.2, 0) is 11.3 Å². The molecule has 1 unspecified atom stereocenters. The molecule has 2 aliphatic rings. The van der Waals surface area contributed by atoms with Crippen LogP contribution in [0.2, 0.25) is 0 Å². The second-order valence-electron chi connectivity index (χ2n) is 4.92. The lowest BCUT2D eigenvalue weighted by atomic mass is 10.1. The molecule has 1 aliphatic carbocycles. The summed E-state index contributed by atoms with van der Waals surface area (Å²) in [5, 5.41) is 13.3. The summed E-state index contributed by atoms with van der Waals surface area (Å²) in [6, 6.07) is 0.703.